The van der Waals surface area contributed by atoms with Gasteiger partial charge in [-0.3, -0.25) is 4.79 Å². The standard InChI is InChI=1S/C8H11N5O/c9-7-4-11-6(3-12-7)8(14)13-5-1-10-2-5/h3-5,10H,1-2H2,(H2,9,12)(H,13,14). The van der Waals surface area contributed by atoms with Crippen LogP contribution < -0.4 is 16.4 Å². The Morgan fingerprint density at radius 3 is 2.79 bits per heavy atom. The summed E-state index contributed by atoms with van der Waals surface area (Å²) in [5, 5.41) is 5.86. The highest BCUT2D eigenvalue weighted by Gasteiger charge is 2.19. The summed E-state index contributed by atoms with van der Waals surface area (Å²) in [6, 6.07) is 0.210. The summed E-state index contributed by atoms with van der Waals surface area (Å²) >= 11 is 0. The molecule has 0 saturated carbocycles. The van der Waals surface area contributed by atoms with Crippen molar-refractivity contribution in [3.8, 4) is 0 Å². The molecule has 1 aromatic heterocycles. The number of nitrogens with zero attached hydrogens (tertiary/aromatic N) is 2. The molecule has 1 fully saturated rings. The van der Waals surface area contributed by atoms with Crippen molar-refractivity contribution in [2.75, 3.05) is 18.8 Å². The van der Waals surface area contributed by atoms with Crippen LogP contribution in [0.3, 0.4) is 0 Å². The number of nitrogens with one attached hydrogen (secondary N) is 2. The van der Waals surface area contributed by atoms with E-state index in [2.05, 4.69) is 20.6 Å². The van der Waals surface area contributed by atoms with E-state index in [9.17, 15) is 4.79 Å². The van der Waals surface area contributed by atoms with Crippen LogP contribution in [0.4, 0.5) is 5.82 Å². The molecule has 0 unspecified atom stereocenters. The SMILES string of the molecule is Nc1cnc(C(=O)NC2CNC2)cn1. The molecule has 4 N–H and O–H groups in total. The molecule has 74 valence electrons. The van der Waals surface area contributed by atoms with Gasteiger partial charge >= 0.3 is 0 Å². The van der Waals surface area contributed by atoms with Crippen LogP contribution >= 0.6 is 0 Å². The summed E-state index contributed by atoms with van der Waals surface area (Å²) in [7, 11) is 0. The smallest absolute Gasteiger partial charge is 0.271 e. The van der Waals surface area contributed by atoms with Gasteiger partial charge in [0, 0.05) is 13.1 Å². The fourth-order valence-corrected chi connectivity index (χ4v) is 1.11. The van der Waals surface area contributed by atoms with Crippen molar-refractivity contribution in [1.29, 1.82) is 0 Å². The lowest BCUT2D eigenvalue weighted by atomic mass is 10.2. The van der Waals surface area contributed by atoms with Crippen LogP contribution in [-0.2, 0) is 0 Å². The average molecular weight is 193 g/mol. The van der Waals surface area contributed by atoms with Crippen molar-refractivity contribution in [1.82, 2.24) is 20.6 Å². The first-order valence-corrected chi connectivity index (χ1v) is 4.35. The summed E-state index contributed by atoms with van der Waals surface area (Å²) in [4.78, 5) is 19.1. The minimum Gasteiger partial charge on any atom is -0.382 e. The van der Waals surface area contributed by atoms with Gasteiger partial charge < -0.3 is 16.4 Å². The monoisotopic (exact) mass is 193 g/mol. The van der Waals surface area contributed by atoms with Crippen LogP contribution in [0.15, 0.2) is 12.4 Å². The maximum Gasteiger partial charge on any atom is 0.271 e. The zero-order chi connectivity index (χ0) is 9.97. The highest BCUT2D eigenvalue weighted by Crippen LogP contribution is 1.98. The highest BCUT2D eigenvalue weighted by molar-refractivity contribution is 5.92. The van der Waals surface area contributed by atoms with Gasteiger partial charge in [-0.1, -0.05) is 0 Å². The number of hydrogen-bond donors (Lipinski definition) is 3. The molecule has 2 rings (SSSR count). The lowest BCUT2D eigenvalue weighted by Gasteiger charge is -2.27. The number of carbonyl (C=O) groups excluding carboxylic acids is 1. The Bertz CT molecular complexity index is 332. The summed E-state index contributed by atoms with van der Waals surface area (Å²) in [6.07, 6.45) is 2.74. The Hall–Kier alpha value is -1.69. The minimum atomic E-state index is -0.205. The van der Waals surface area contributed by atoms with Crippen LogP contribution in [-0.4, -0.2) is 35.0 Å². The predicted molar refractivity (Wildman–Crippen MR) is 50.6 cm³/mol. The molecular formula is C8H11N5O. The molecule has 6 heteroatoms. The molecular weight excluding hydrogens is 182 g/mol. The third kappa shape index (κ3) is 1.80. The van der Waals surface area contributed by atoms with Gasteiger partial charge in [0.15, 0.2) is 0 Å². The van der Waals surface area contributed by atoms with Crippen molar-refractivity contribution in [2.24, 2.45) is 0 Å². The minimum absolute atomic E-state index is 0.205. The molecule has 2 heterocycles. The third-order valence-electron chi connectivity index (χ3n) is 2.02. The molecule has 1 aromatic rings. The number of anilines is 1. The fraction of sp³-hybridized carbons (Fsp3) is 0.375. The number of nitrogen functional groups attached to an aromatic ring is 1. The topological polar surface area (TPSA) is 92.9 Å². The van der Waals surface area contributed by atoms with Crippen LogP contribution in [0.5, 0.6) is 0 Å². The van der Waals surface area contributed by atoms with Crippen molar-refractivity contribution < 1.29 is 4.79 Å². The van der Waals surface area contributed by atoms with E-state index in [1.807, 2.05) is 0 Å². The molecule has 0 radical (unpaired) electrons. The Labute approximate surface area is 80.9 Å². The molecule has 0 atom stereocenters. The number of aromatic nitrogens is 2. The van der Waals surface area contributed by atoms with Crippen molar-refractivity contribution >= 4 is 11.7 Å². The van der Waals surface area contributed by atoms with E-state index in [4.69, 9.17) is 5.73 Å². The van der Waals surface area contributed by atoms with E-state index in [0.717, 1.165) is 13.1 Å². The quantitative estimate of drug-likeness (QED) is 0.546. The van der Waals surface area contributed by atoms with Crippen molar-refractivity contribution in [3.63, 3.8) is 0 Å². The molecule has 0 bridgehead atoms. The van der Waals surface area contributed by atoms with Gasteiger partial charge in [-0.25, -0.2) is 9.97 Å². The largest absolute Gasteiger partial charge is 0.382 e. The molecule has 1 saturated heterocycles. The maximum atomic E-state index is 11.5. The normalized spacial score (nSPS) is 16.0. The number of rotatable bonds is 2. The van der Waals surface area contributed by atoms with E-state index >= 15 is 0 Å². The molecule has 1 aliphatic heterocycles. The van der Waals surface area contributed by atoms with E-state index in [-0.39, 0.29) is 11.9 Å². The van der Waals surface area contributed by atoms with E-state index in [1.54, 1.807) is 0 Å². The summed E-state index contributed by atoms with van der Waals surface area (Å²) < 4.78 is 0. The van der Waals surface area contributed by atoms with Crippen LogP contribution in [0.1, 0.15) is 10.5 Å². The predicted octanol–water partition coefficient (Wildman–Crippen LogP) is -1.24. The van der Waals surface area contributed by atoms with Gasteiger partial charge in [0.05, 0.1) is 18.4 Å². The first-order valence-electron chi connectivity index (χ1n) is 4.35. The molecule has 1 aliphatic rings. The molecule has 0 spiro atoms. The maximum absolute atomic E-state index is 11.5. The van der Waals surface area contributed by atoms with Crippen molar-refractivity contribution in [3.05, 3.63) is 18.1 Å². The summed E-state index contributed by atoms with van der Waals surface area (Å²) in [5.74, 6) is 0.107. The number of nitrogens with two attached hydrogens (primary N) is 1. The average Bonchev–Trinajstić information content (AvgIpc) is 2.12. The third-order valence-corrected chi connectivity index (χ3v) is 2.02. The Morgan fingerprint density at radius 2 is 2.29 bits per heavy atom. The second-order valence-corrected chi connectivity index (χ2v) is 3.16. The lowest BCUT2D eigenvalue weighted by Crippen LogP contribution is -2.57. The zero-order valence-corrected chi connectivity index (χ0v) is 7.53. The summed E-state index contributed by atoms with van der Waals surface area (Å²) in [6.45, 7) is 1.63. The van der Waals surface area contributed by atoms with Gasteiger partial charge in [-0.2, -0.15) is 0 Å². The second kappa shape index (κ2) is 3.59. The van der Waals surface area contributed by atoms with E-state index in [1.165, 1.54) is 12.4 Å². The Morgan fingerprint density at radius 1 is 1.50 bits per heavy atom. The first kappa shape index (κ1) is 8.89. The van der Waals surface area contributed by atoms with Gasteiger partial charge in [-0.05, 0) is 0 Å². The number of carbonyl (C=O) groups is 1. The van der Waals surface area contributed by atoms with Gasteiger partial charge in [0.2, 0.25) is 0 Å². The summed E-state index contributed by atoms with van der Waals surface area (Å²) in [5.41, 5.74) is 5.65. The molecule has 14 heavy (non-hydrogen) atoms. The van der Waals surface area contributed by atoms with Crippen LogP contribution in [0, 0.1) is 0 Å². The van der Waals surface area contributed by atoms with Gasteiger partial charge in [-0.15, -0.1) is 0 Å². The Balaban J connectivity index is 1.99. The zero-order valence-electron chi connectivity index (χ0n) is 7.53. The van der Waals surface area contributed by atoms with Gasteiger partial charge in [0.25, 0.3) is 5.91 Å². The van der Waals surface area contributed by atoms with Crippen LogP contribution in [0.2, 0.25) is 0 Å². The Kier molecular flexibility index (Phi) is 2.28. The molecule has 0 aliphatic carbocycles. The lowest BCUT2D eigenvalue weighted by molar-refractivity contribution is 0.0918. The second-order valence-electron chi connectivity index (χ2n) is 3.16. The van der Waals surface area contributed by atoms with E-state index < -0.39 is 0 Å². The van der Waals surface area contributed by atoms with Crippen LogP contribution in [0.25, 0.3) is 0 Å². The number of amides is 1. The first-order chi connectivity index (χ1) is 6.75. The molecule has 0 aromatic carbocycles. The van der Waals surface area contributed by atoms with Crippen molar-refractivity contribution in [2.45, 2.75) is 6.04 Å². The highest BCUT2D eigenvalue weighted by atomic mass is 16.2. The fourth-order valence-electron chi connectivity index (χ4n) is 1.11. The van der Waals surface area contributed by atoms with E-state index in [0.29, 0.717) is 11.5 Å². The number of hydrogen-bond acceptors (Lipinski definition) is 5. The van der Waals surface area contributed by atoms with Gasteiger partial charge in [0.1, 0.15) is 11.5 Å². The molecule has 6 nitrogen and oxygen atoms in total. The molecule has 1 amide bonds.